The predicted octanol–water partition coefficient (Wildman–Crippen LogP) is 1.83. The maximum atomic E-state index is 11.0. The van der Waals surface area contributed by atoms with Gasteiger partial charge in [0, 0.05) is 29.4 Å². The molecule has 0 radical (unpaired) electrons. The lowest BCUT2D eigenvalue weighted by Gasteiger charge is -2.09. The van der Waals surface area contributed by atoms with E-state index in [1.165, 1.54) is 6.07 Å². The molecule has 4 nitrogen and oxygen atoms in total. The fourth-order valence-electron chi connectivity index (χ4n) is 1.22. The molecule has 0 saturated heterocycles. The molecule has 2 N–H and O–H groups in total. The SMILES string of the molecule is CS(=O)CCNc1cccc(Cl)c1C(=O)O. The van der Waals surface area contributed by atoms with E-state index in [4.69, 9.17) is 16.7 Å². The Morgan fingerprint density at radius 3 is 2.81 bits per heavy atom. The molecule has 0 spiro atoms. The van der Waals surface area contributed by atoms with Crippen molar-refractivity contribution in [2.24, 2.45) is 0 Å². The van der Waals surface area contributed by atoms with Crippen molar-refractivity contribution in [3.63, 3.8) is 0 Å². The van der Waals surface area contributed by atoms with E-state index in [9.17, 15) is 9.00 Å². The largest absolute Gasteiger partial charge is 0.478 e. The molecule has 0 aliphatic heterocycles. The minimum Gasteiger partial charge on any atom is -0.478 e. The van der Waals surface area contributed by atoms with Crippen molar-refractivity contribution in [1.29, 1.82) is 0 Å². The van der Waals surface area contributed by atoms with E-state index in [0.717, 1.165) is 0 Å². The van der Waals surface area contributed by atoms with Gasteiger partial charge in [-0.25, -0.2) is 4.79 Å². The van der Waals surface area contributed by atoms with Gasteiger partial charge in [0.15, 0.2) is 0 Å². The number of halogens is 1. The van der Waals surface area contributed by atoms with E-state index in [1.807, 2.05) is 0 Å². The number of benzene rings is 1. The molecule has 1 unspecified atom stereocenters. The molecule has 1 atom stereocenters. The molecule has 0 fully saturated rings. The number of hydrogen-bond donors (Lipinski definition) is 2. The van der Waals surface area contributed by atoms with Crippen LogP contribution >= 0.6 is 11.6 Å². The van der Waals surface area contributed by atoms with Crippen LogP contribution in [0.5, 0.6) is 0 Å². The maximum absolute atomic E-state index is 11.0. The average molecular weight is 262 g/mol. The second-order valence-corrected chi connectivity index (χ2v) is 5.13. The van der Waals surface area contributed by atoms with E-state index in [1.54, 1.807) is 18.4 Å². The first-order chi connectivity index (χ1) is 7.52. The number of carbonyl (C=O) groups is 1. The fourth-order valence-corrected chi connectivity index (χ4v) is 1.86. The molecule has 1 aromatic carbocycles. The number of rotatable bonds is 5. The highest BCUT2D eigenvalue weighted by Gasteiger charge is 2.13. The fraction of sp³-hybridized carbons (Fsp3) is 0.300. The molecule has 16 heavy (non-hydrogen) atoms. The monoisotopic (exact) mass is 261 g/mol. The van der Waals surface area contributed by atoms with Crippen LogP contribution in [0.25, 0.3) is 0 Å². The zero-order chi connectivity index (χ0) is 12.1. The summed E-state index contributed by atoms with van der Waals surface area (Å²) in [5, 5.41) is 12.1. The summed E-state index contributed by atoms with van der Waals surface area (Å²) in [7, 11) is -0.905. The zero-order valence-corrected chi connectivity index (χ0v) is 10.3. The molecule has 0 aromatic heterocycles. The number of carboxylic acids is 1. The first kappa shape index (κ1) is 13.0. The Hall–Kier alpha value is -1.07. The molecule has 6 heteroatoms. The molecule has 1 aromatic rings. The lowest BCUT2D eigenvalue weighted by atomic mass is 10.2. The number of carboxylic acid groups (broad SMARTS) is 1. The van der Waals surface area contributed by atoms with E-state index < -0.39 is 16.8 Å². The van der Waals surface area contributed by atoms with Crippen molar-refractivity contribution in [3.8, 4) is 0 Å². The van der Waals surface area contributed by atoms with Crippen LogP contribution in [0.4, 0.5) is 5.69 Å². The van der Waals surface area contributed by atoms with Crippen molar-refractivity contribution in [1.82, 2.24) is 0 Å². The summed E-state index contributed by atoms with van der Waals surface area (Å²) in [4.78, 5) is 11.0. The Morgan fingerprint density at radius 2 is 2.25 bits per heavy atom. The predicted molar refractivity (Wildman–Crippen MR) is 65.8 cm³/mol. The van der Waals surface area contributed by atoms with E-state index >= 15 is 0 Å². The molecular weight excluding hydrogens is 250 g/mol. The maximum Gasteiger partial charge on any atom is 0.339 e. The summed E-state index contributed by atoms with van der Waals surface area (Å²) in [5.74, 6) is -0.614. The first-order valence-electron chi connectivity index (χ1n) is 4.58. The second-order valence-electron chi connectivity index (χ2n) is 3.17. The van der Waals surface area contributed by atoms with Crippen molar-refractivity contribution < 1.29 is 14.1 Å². The standard InChI is InChI=1S/C10H12ClNO3S/c1-16(15)6-5-12-8-4-2-3-7(11)9(8)10(13)14/h2-4,12H,5-6H2,1H3,(H,13,14). The Bertz CT molecular complexity index is 423. The normalized spacial score (nSPS) is 12.1. The summed E-state index contributed by atoms with van der Waals surface area (Å²) in [6.07, 6.45) is 1.59. The van der Waals surface area contributed by atoms with Crippen LogP contribution in [-0.2, 0) is 10.8 Å². The number of hydrogen-bond acceptors (Lipinski definition) is 3. The molecule has 0 heterocycles. The van der Waals surface area contributed by atoms with E-state index in [0.29, 0.717) is 18.0 Å². The Kier molecular flexibility index (Phi) is 4.76. The molecule has 0 aliphatic rings. The van der Waals surface area contributed by atoms with Gasteiger partial charge in [0.05, 0.1) is 10.7 Å². The van der Waals surface area contributed by atoms with Gasteiger partial charge >= 0.3 is 5.97 Å². The van der Waals surface area contributed by atoms with Crippen molar-refractivity contribution in [3.05, 3.63) is 28.8 Å². The third-order valence-corrected chi connectivity index (χ3v) is 3.03. The Labute approximate surface area is 101 Å². The lowest BCUT2D eigenvalue weighted by molar-refractivity contribution is 0.0698. The van der Waals surface area contributed by atoms with Gasteiger partial charge in [0.1, 0.15) is 5.56 Å². The second kappa shape index (κ2) is 5.86. The van der Waals surface area contributed by atoms with Gasteiger partial charge in [-0.3, -0.25) is 4.21 Å². The molecule has 88 valence electrons. The van der Waals surface area contributed by atoms with Gasteiger partial charge in [0.2, 0.25) is 0 Å². The first-order valence-corrected chi connectivity index (χ1v) is 6.68. The van der Waals surface area contributed by atoms with Crippen LogP contribution < -0.4 is 5.32 Å². The molecule has 0 aliphatic carbocycles. The summed E-state index contributed by atoms with van der Waals surface area (Å²) in [6, 6.07) is 4.82. The molecule has 1 rings (SSSR count). The lowest BCUT2D eigenvalue weighted by Crippen LogP contribution is -2.13. The third kappa shape index (κ3) is 3.50. The average Bonchev–Trinajstić information content (AvgIpc) is 2.16. The van der Waals surface area contributed by atoms with Gasteiger partial charge in [-0.15, -0.1) is 0 Å². The Morgan fingerprint density at radius 1 is 1.56 bits per heavy atom. The molecule has 0 saturated carbocycles. The summed E-state index contributed by atoms with van der Waals surface area (Å²) >= 11 is 5.79. The van der Waals surface area contributed by atoms with Crippen LogP contribution in [0, 0.1) is 0 Å². The van der Waals surface area contributed by atoms with Gasteiger partial charge < -0.3 is 10.4 Å². The topological polar surface area (TPSA) is 66.4 Å². The van der Waals surface area contributed by atoms with Crippen LogP contribution in [0.15, 0.2) is 18.2 Å². The highest BCUT2D eigenvalue weighted by Crippen LogP contribution is 2.23. The van der Waals surface area contributed by atoms with Crippen molar-refractivity contribution >= 4 is 34.1 Å². The van der Waals surface area contributed by atoms with Crippen LogP contribution in [0.3, 0.4) is 0 Å². The third-order valence-electron chi connectivity index (χ3n) is 1.93. The quantitative estimate of drug-likeness (QED) is 0.849. The summed E-state index contributed by atoms with van der Waals surface area (Å²) in [6.45, 7) is 0.448. The van der Waals surface area contributed by atoms with Gasteiger partial charge in [0.25, 0.3) is 0 Å². The molecule has 0 bridgehead atoms. The smallest absolute Gasteiger partial charge is 0.339 e. The highest BCUT2D eigenvalue weighted by atomic mass is 35.5. The Balaban J connectivity index is 2.83. The number of anilines is 1. The van der Waals surface area contributed by atoms with E-state index in [2.05, 4.69) is 5.32 Å². The zero-order valence-electron chi connectivity index (χ0n) is 8.70. The van der Waals surface area contributed by atoms with Crippen LogP contribution in [0.2, 0.25) is 5.02 Å². The summed E-state index contributed by atoms with van der Waals surface area (Å²) in [5.41, 5.74) is 0.497. The van der Waals surface area contributed by atoms with E-state index in [-0.39, 0.29) is 10.6 Å². The number of nitrogens with one attached hydrogen (secondary N) is 1. The summed E-state index contributed by atoms with van der Waals surface area (Å²) < 4.78 is 10.8. The van der Waals surface area contributed by atoms with Gasteiger partial charge in [-0.2, -0.15) is 0 Å². The number of aromatic carboxylic acids is 1. The molecule has 0 amide bonds. The van der Waals surface area contributed by atoms with Crippen LogP contribution in [0.1, 0.15) is 10.4 Å². The molecular formula is C10H12ClNO3S. The van der Waals surface area contributed by atoms with Crippen LogP contribution in [-0.4, -0.2) is 33.8 Å². The minimum absolute atomic E-state index is 0.0473. The van der Waals surface area contributed by atoms with Crippen molar-refractivity contribution in [2.75, 3.05) is 23.9 Å². The minimum atomic E-state index is -1.08. The van der Waals surface area contributed by atoms with Crippen molar-refractivity contribution in [2.45, 2.75) is 0 Å². The van der Waals surface area contributed by atoms with Gasteiger partial charge in [-0.05, 0) is 12.1 Å². The highest BCUT2D eigenvalue weighted by molar-refractivity contribution is 7.84. The van der Waals surface area contributed by atoms with Gasteiger partial charge in [-0.1, -0.05) is 17.7 Å².